The Kier molecular flexibility index (Phi) is 2.68. The Morgan fingerprint density at radius 1 is 0.944 bits per heavy atom. The van der Waals surface area contributed by atoms with Gasteiger partial charge in [-0.1, -0.05) is 35.9 Å². The fourth-order valence-corrected chi connectivity index (χ4v) is 2.16. The van der Waals surface area contributed by atoms with Crippen LogP contribution in [0.3, 0.4) is 0 Å². The van der Waals surface area contributed by atoms with E-state index in [0.29, 0.717) is 10.6 Å². The van der Waals surface area contributed by atoms with E-state index >= 15 is 0 Å². The second kappa shape index (κ2) is 4.35. The monoisotopic (exact) mass is 258 g/mol. The van der Waals surface area contributed by atoms with Crippen LogP contribution < -0.4 is 10.6 Å². The first-order valence-electron chi connectivity index (χ1n) is 5.66. The van der Waals surface area contributed by atoms with Gasteiger partial charge in [0.15, 0.2) is 0 Å². The highest BCUT2D eigenvalue weighted by molar-refractivity contribution is 6.30. The molecule has 90 valence electrons. The van der Waals surface area contributed by atoms with Gasteiger partial charge in [-0.05, 0) is 29.8 Å². The normalized spacial score (nSPS) is 17.6. The zero-order valence-electron chi connectivity index (χ0n) is 9.48. The van der Waals surface area contributed by atoms with E-state index in [-0.39, 0.29) is 12.1 Å². The minimum Gasteiger partial charge on any atom is -0.361 e. The van der Waals surface area contributed by atoms with Gasteiger partial charge < -0.3 is 10.6 Å². The van der Waals surface area contributed by atoms with Crippen molar-refractivity contribution in [2.24, 2.45) is 0 Å². The van der Waals surface area contributed by atoms with Crippen LogP contribution in [0, 0.1) is 0 Å². The molecule has 4 heteroatoms. The average Bonchev–Trinajstić information content (AvgIpc) is 2.39. The highest BCUT2D eigenvalue weighted by Gasteiger charge is 2.23. The van der Waals surface area contributed by atoms with Crippen LogP contribution >= 0.6 is 11.6 Å². The Labute approximate surface area is 110 Å². The maximum atomic E-state index is 12.0. The summed E-state index contributed by atoms with van der Waals surface area (Å²) in [6.07, 6.45) is -0.218. The molecule has 3 nitrogen and oxygen atoms in total. The summed E-state index contributed by atoms with van der Waals surface area (Å²) in [5.74, 6) is -0.0655. The maximum Gasteiger partial charge on any atom is 0.255 e. The number of fused-ring (bicyclic) bond motifs is 1. The van der Waals surface area contributed by atoms with Gasteiger partial charge in [-0.2, -0.15) is 0 Å². The van der Waals surface area contributed by atoms with E-state index in [9.17, 15) is 4.79 Å². The molecule has 0 saturated carbocycles. The SMILES string of the molecule is O=C1N[C@H](c2ccc(Cl)cc2)Nc2ccccc21. The summed E-state index contributed by atoms with van der Waals surface area (Å²) in [5.41, 5.74) is 2.49. The molecule has 0 saturated heterocycles. The van der Waals surface area contributed by atoms with Gasteiger partial charge in [-0.3, -0.25) is 4.79 Å². The van der Waals surface area contributed by atoms with E-state index in [4.69, 9.17) is 11.6 Å². The van der Waals surface area contributed by atoms with Crippen LogP contribution in [0.5, 0.6) is 0 Å². The predicted molar refractivity (Wildman–Crippen MR) is 71.7 cm³/mol. The summed E-state index contributed by atoms with van der Waals surface area (Å²) in [7, 11) is 0. The smallest absolute Gasteiger partial charge is 0.255 e. The Morgan fingerprint density at radius 2 is 1.67 bits per heavy atom. The molecule has 2 N–H and O–H groups in total. The van der Waals surface area contributed by atoms with Crippen LogP contribution in [0.15, 0.2) is 48.5 Å². The number of nitrogens with one attached hydrogen (secondary N) is 2. The van der Waals surface area contributed by atoms with E-state index in [1.165, 1.54) is 0 Å². The van der Waals surface area contributed by atoms with Gasteiger partial charge in [0.1, 0.15) is 6.17 Å². The molecule has 0 fully saturated rings. The molecule has 2 aromatic rings. The summed E-state index contributed by atoms with van der Waals surface area (Å²) < 4.78 is 0. The predicted octanol–water partition coefficient (Wildman–Crippen LogP) is 3.19. The second-order valence-electron chi connectivity index (χ2n) is 4.15. The van der Waals surface area contributed by atoms with Crippen molar-refractivity contribution in [3.05, 3.63) is 64.7 Å². The second-order valence-corrected chi connectivity index (χ2v) is 4.58. The molecule has 0 aliphatic carbocycles. The zero-order valence-corrected chi connectivity index (χ0v) is 10.2. The Balaban J connectivity index is 1.94. The number of carbonyl (C=O) groups excluding carboxylic acids is 1. The lowest BCUT2D eigenvalue weighted by Gasteiger charge is -2.28. The van der Waals surface area contributed by atoms with E-state index in [1.807, 2.05) is 42.5 Å². The van der Waals surface area contributed by atoms with Gasteiger partial charge in [0, 0.05) is 10.7 Å². The van der Waals surface area contributed by atoms with Crippen LogP contribution in [0.4, 0.5) is 5.69 Å². The molecule has 0 bridgehead atoms. The molecule has 1 atom stereocenters. The standard InChI is InChI=1S/C14H11ClN2O/c15-10-7-5-9(6-8-10)13-16-12-4-2-1-3-11(12)14(18)17-13/h1-8,13,16H,(H,17,18)/t13-/m1/s1. The molecular formula is C14H11ClN2O. The Morgan fingerprint density at radius 3 is 2.44 bits per heavy atom. The first kappa shape index (κ1) is 11.1. The number of anilines is 1. The van der Waals surface area contributed by atoms with Crippen molar-refractivity contribution in [3.63, 3.8) is 0 Å². The summed E-state index contributed by atoms with van der Waals surface area (Å²) >= 11 is 5.85. The third kappa shape index (κ3) is 1.93. The van der Waals surface area contributed by atoms with Crippen LogP contribution in [0.25, 0.3) is 0 Å². The van der Waals surface area contributed by atoms with Crippen LogP contribution in [0.1, 0.15) is 22.1 Å². The third-order valence-corrected chi connectivity index (χ3v) is 3.20. The third-order valence-electron chi connectivity index (χ3n) is 2.95. The Bertz CT molecular complexity index is 595. The van der Waals surface area contributed by atoms with Gasteiger partial charge in [-0.25, -0.2) is 0 Å². The fourth-order valence-electron chi connectivity index (χ4n) is 2.03. The number of amides is 1. The van der Waals surface area contributed by atoms with Crippen molar-refractivity contribution in [1.82, 2.24) is 5.32 Å². The van der Waals surface area contributed by atoms with Crippen molar-refractivity contribution in [2.45, 2.75) is 6.17 Å². The first-order chi connectivity index (χ1) is 8.74. The number of halogens is 1. The molecule has 1 aliphatic heterocycles. The molecule has 1 amide bonds. The molecule has 1 heterocycles. The van der Waals surface area contributed by atoms with Crippen molar-refractivity contribution in [2.75, 3.05) is 5.32 Å². The van der Waals surface area contributed by atoms with E-state index < -0.39 is 0 Å². The van der Waals surface area contributed by atoms with E-state index in [1.54, 1.807) is 6.07 Å². The molecule has 2 aromatic carbocycles. The number of hydrogen-bond acceptors (Lipinski definition) is 2. The number of para-hydroxylation sites is 1. The molecule has 3 rings (SSSR count). The lowest BCUT2D eigenvalue weighted by molar-refractivity contribution is 0.0935. The Hall–Kier alpha value is -2.00. The molecule has 1 aliphatic rings. The van der Waals surface area contributed by atoms with Gasteiger partial charge >= 0.3 is 0 Å². The minimum atomic E-state index is -0.218. The summed E-state index contributed by atoms with van der Waals surface area (Å²) in [6, 6.07) is 14.9. The molecule has 0 unspecified atom stereocenters. The van der Waals surface area contributed by atoms with Crippen LogP contribution in [-0.4, -0.2) is 5.91 Å². The number of hydrogen-bond donors (Lipinski definition) is 2. The van der Waals surface area contributed by atoms with E-state index in [2.05, 4.69) is 10.6 Å². The van der Waals surface area contributed by atoms with Crippen LogP contribution in [-0.2, 0) is 0 Å². The van der Waals surface area contributed by atoms with Crippen molar-refractivity contribution in [1.29, 1.82) is 0 Å². The fraction of sp³-hybridized carbons (Fsp3) is 0.0714. The maximum absolute atomic E-state index is 12.0. The summed E-state index contributed by atoms with van der Waals surface area (Å²) in [6.45, 7) is 0. The van der Waals surface area contributed by atoms with Gasteiger partial charge in [0.05, 0.1) is 5.56 Å². The molecular weight excluding hydrogens is 248 g/mol. The van der Waals surface area contributed by atoms with E-state index in [0.717, 1.165) is 11.3 Å². The lowest BCUT2D eigenvalue weighted by Crippen LogP contribution is -2.38. The van der Waals surface area contributed by atoms with Crippen LogP contribution in [0.2, 0.25) is 5.02 Å². The van der Waals surface area contributed by atoms with Gasteiger partial charge in [0.25, 0.3) is 5.91 Å². The largest absolute Gasteiger partial charge is 0.361 e. The number of rotatable bonds is 1. The molecule has 0 aromatic heterocycles. The van der Waals surface area contributed by atoms with Crippen molar-refractivity contribution >= 4 is 23.2 Å². The van der Waals surface area contributed by atoms with Gasteiger partial charge in [0.2, 0.25) is 0 Å². The molecule has 0 radical (unpaired) electrons. The topological polar surface area (TPSA) is 41.1 Å². The summed E-state index contributed by atoms with van der Waals surface area (Å²) in [5, 5.41) is 6.89. The van der Waals surface area contributed by atoms with Gasteiger partial charge in [-0.15, -0.1) is 0 Å². The highest BCUT2D eigenvalue weighted by atomic mass is 35.5. The minimum absolute atomic E-state index is 0.0655. The van der Waals surface area contributed by atoms with Crippen molar-refractivity contribution < 1.29 is 4.79 Å². The first-order valence-corrected chi connectivity index (χ1v) is 6.04. The van der Waals surface area contributed by atoms with Crippen molar-refractivity contribution in [3.8, 4) is 0 Å². The molecule has 0 spiro atoms. The molecule has 18 heavy (non-hydrogen) atoms. The highest BCUT2D eigenvalue weighted by Crippen LogP contribution is 2.26. The average molecular weight is 259 g/mol. The lowest BCUT2D eigenvalue weighted by atomic mass is 10.1. The number of carbonyl (C=O) groups is 1. The zero-order chi connectivity index (χ0) is 12.5. The number of benzene rings is 2. The summed E-state index contributed by atoms with van der Waals surface area (Å²) in [4.78, 5) is 12.0. The quantitative estimate of drug-likeness (QED) is 0.825.